The van der Waals surface area contributed by atoms with E-state index in [9.17, 15) is 13.6 Å². The van der Waals surface area contributed by atoms with Gasteiger partial charge in [0.25, 0.3) is 0 Å². The lowest BCUT2D eigenvalue weighted by atomic mass is 10.2. The van der Waals surface area contributed by atoms with Gasteiger partial charge >= 0.3 is 6.03 Å². The summed E-state index contributed by atoms with van der Waals surface area (Å²) in [6, 6.07) is 2.17. The number of urea groups is 1. The molecule has 6 heteroatoms. The number of halogens is 2. The fourth-order valence-electron chi connectivity index (χ4n) is 1.83. The number of hydrogen-bond donors (Lipinski definition) is 2. The number of nitrogens with one attached hydrogen (secondary N) is 2. The van der Waals surface area contributed by atoms with Gasteiger partial charge in [-0.15, -0.1) is 0 Å². The van der Waals surface area contributed by atoms with E-state index in [1.165, 1.54) is 6.92 Å². The summed E-state index contributed by atoms with van der Waals surface area (Å²) >= 11 is 0. The van der Waals surface area contributed by atoms with Gasteiger partial charge in [0, 0.05) is 32.2 Å². The second-order valence-electron chi connectivity index (χ2n) is 4.23. The number of rotatable bonds is 4. The zero-order chi connectivity index (χ0) is 13.1. The van der Waals surface area contributed by atoms with Crippen LogP contribution < -0.4 is 10.6 Å². The highest BCUT2D eigenvalue weighted by atomic mass is 19.1. The van der Waals surface area contributed by atoms with Crippen molar-refractivity contribution in [3.8, 4) is 0 Å². The van der Waals surface area contributed by atoms with Crippen LogP contribution in [0.1, 0.15) is 5.56 Å². The molecule has 1 saturated heterocycles. The topological polar surface area (TPSA) is 44.4 Å². The Bertz CT molecular complexity index is 465. The smallest absolute Gasteiger partial charge is 0.317 e. The van der Waals surface area contributed by atoms with Gasteiger partial charge in [0.2, 0.25) is 0 Å². The number of benzene rings is 1. The van der Waals surface area contributed by atoms with E-state index in [0.29, 0.717) is 26.2 Å². The molecule has 0 saturated carbocycles. The molecule has 18 heavy (non-hydrogen) atoms. The third-order valence-electron chi connectivity index (χ3n) is 2.89. The number of amides is 2. The van der Waals surface area contributed by atoms with Gasteiger partial charge < -0.3 is 15.5 Å². The van der Waals surface area contributed by atoms with E-state index < -0.39 is 11.6 Å². The van der Waals surface area contributed by atoms with Gasteiger partial charge in [0.15, 0.2) is 0 Å². The van der Waals surface area contributed by atoms with E-state index in [-0.39, 0.29) is 17.3 Å². The van der Waals surface area contributed by atoms with Crippen LogP contribution in [0.5, 0.6) is 0 Å². The molecule has 1 fully saturated rings. The first-order valence-corrected chi connectivity index (χ1v) is 5.80. The van der Waals surface area contributed by atoms with Crippen molar-refractivity contribution >= 4 is 11.7 Å². The van der Waals surface area contributed by atoms with Crippen molar-refractivity contribution in [2.24, 2.45) is 0 Å². The Labute approximate surface area is 104 Å². The Hall–Kier alpha value is -1.85. The molecule has 1 aliphatic heterocycles. The van der Waals surface area contributed by atoms with Crippen LogP contribution in [0.2, 0.25) is 0 Å². The highest BCUT2D eigenvalue weighted by Crippen LogP contribution is 2.18. The van der Waals surface area contributed by atoms with Crippen LogP contribution in [0.4, 0.5) is 19.3 Å². The third kappa shape index (κ3) is 2.69. The van der Waals surface area contributed by atoms with Gasteiger partial charge in [-0.2, -0.15) is 0 Å². The average Bonchev–Trinajstić information content (AvgIpc) is 2.72. The van der Waals surface area contributed by atoms with Crippen molar-refractivity contribution in [1.29, 1.82) is 0 Å². The molecule has 0 aliphatic carbocycles. The standard InChI is InChI=1S/C12H15F2N3O/c1-8-6-10(14)11(7-9(8)13)15-2-4-17-5-3-16-12(17)18/h6-7,15H,2-5H2,1H3,(H,16,18). The van der Waals surface area contributed by atoms with E-state index >= 15 is 0 Å². The van der Waals surface area contributed by atoms with Crippen LogP contribution >= 0.6 is 0 Å². The summed E-state index contributed by atoms with van der Waals surface area (Å²) in [5, 5.41) is 5.46. The minimum Gasteiger partial charge on any atom is -0.381 e. The summed E-state index contributed by atoms with van der Waals surface area (Å²) in [6.07, 6.45) is 0. The predicted octanol–water partition coefficient (Wildman–Crippen LogP) is 1.71. The minimum absolute atomic E-state index is 0.118. The van der Waals surface area contributed by atoms with E-state index in [4.69, 9.17) is 0 Å². The molecule has 1 aromatic rings. The zero-order valence-corrected chi connectivity index (χ0v) is 10.1. The van der Waals surface area contributed by atoms with Crippen molar-refractivity contribution in [3.63, 3.8) is 0 Å². The van der Waals surface area contributed by atoms with E-state index in [1.54, 1.807) is 4.90 Å². The summed E-state index contributed by atoms with van der Waals surface area (Å²) in [4.78, 5) is 12.9. The molecule has 1 heterocycles. The fraction of sp³-hybridized carbons (Fsp3) is 0.417. The van der Waals surface area contributed by atoms with Crippen LogP contribution in [0.3, 0.4) is 0 Å². The van der Waals surface area contributed by atoms with E-state index in [0.717, 1.165) is 12.1 Å². The first-order valence-electron chi connectivity index (χ1n) is 5.80. The lowest BCUT2D eigenvalue weighted by Crippen LogP contribution is -2.32. The summed E-state index contributed by atoms with van der Waals surface area (Å²) in [5.74, 6) is -0.933. The summed E-state index contributed by atoms with van der Waals surface area (Å²) in [6.45, 7) is 3.63. The highest BCUT2D eigenvalue weighted by molar-refractivity contribution is 5.76. The van der Waals surface area contributed by atoms with Gasteiger partial charge in [0.05, 0.1) is 5.69 Å². The maximum atomic E-state index is 13.5. The first-order chi connectivity index (χ1) is 8.58. The Balaban J connectivity index is 1.90. The Morgan fingerprint density at radius 1 is 1.39 bits per heavy atom. The molecule has 1 aromatic carbocycles. The van der Waals surface area contributed by atoms with Crippen LogP contribution in [0.25, 0.3) is 0 Å². The second-order valence-corrected chi connectivity index (χ2v) is 4.23. The lowest BCUT2D eigenvalue weighted by molar-refractivity contribution is 0.219. The van der Waals surface area contributed by atoms with Crippen molar-refractivity contribution in [1.82, 2.24) is 10.2 Å². The molecular formula is C12H15F2N3O. The van der Waals surface area contributed by atoms with Gasteiger partial charge in [-0.05, 0) is 18.6 Å². The monoisotopic (exact) mass is 255 g/mol. The number of hydrogen-bond acceptors (Lipinski definition) is 2. The largest absolute Gasteiger partial charge is 0.381 e. The molecule has 0 aromatic heterocycles. The molecule has 2 amide bonds. The molecule has 98 valence electrons. The number of nitrogens with zero attached hydrogens (tertiary/aromatic N) is 1. The van der Waals surface area contributed by atoms with E-state index in [2.05, 4.69) is 10.6 Å². The SMILES string of the molecule is Cc1cc(F)c(NCCN2CCNC2=O)cc1F. The normalized spacial score (nSPS) is 14.8. The van der Waals surface area contributed by atoms with Crippen LogP contribution in [-0.2, 0) is 0 Å². The summed E-state index contributed by atoms with van der Waals surface area (Å²) < 4.78 is 26.8. The van der Waals surface area contributed by atoms with Gasteiger partial charge in [-0.1, -0.05) is 0 Å². The Morgan fingerprint density at radius 2 is 2.17 bits per heavy atom. The van der Waals surface area contributed by atoms with Crippen molar-refractivity contribution < 1.29 is 13.6 Å². The molecule has 0 bridgehead atoms. The maximum absolute atomic E-state index is 13.5. The number of aryl methyl sites for hydroxylation is 1. The van der Waals surface area contributed by atoms with E-state index in [1.807, 2.05) is 0 Å². The molecule has 1 aliphatic rings. The summed E-state index contributed by atoms with van der Waals surface area (Å²) in [7, 11) is 0. The van der Waals surface area contributed by atoms with Crippen LogP contribution in [-0.4, -0.2) is 37.1 Å². The van der Waals surface area contributed by atoms with Crippen molar-refractivity contribution in [2.45, 2.75) is 6.92 Å². The average molecular weight is 255 g/mol. The molecule has 0 spiro atoms. The van der Waals surface area contributed by atoms with Gasteiger partial charge in [0.1, 0.15) is 11.6 Å². The van der Waals surface area contributed by atoms with Crippen LogP contribution in [0, 0.1) is 18.6 Å². The Kier molecular flexibility index (Phi) is 3.64. The highest BCUT2D eigenvalue weighted by Gasteiger charge is 2.18. The predicted molar refractivity (Wildman–Crippen MR) is 64.6 cm³/mol. The number of carbonyl (C=O) groups excluding carboxylic acids is 1. The molecule has 0 radical (unpaired) electrons. The first kappa shape index (κ1) is 12.6. The quantitative estimate of drug-likeness (QED) is 0.860. The molecule has 0 atom stereocenters. The number of anilines is 1. The minimum atomic E-state index is -0.486. The zero-order valence-electron chi connectivity index (χ0n) is 10.1. The number of carbonyl (C=O) groups is 1. The molecule has 2 N–H and O–H groups in total. The van der Waals surface area contributed by atoms with Crippen LogP contribution in [0.15, 0.2) is 12.1 Å². The van der Waals surface area contributed by atoms with Gasteiger partial charge in [-0.3, -0.25) is 0 Å². The molecule has 0 unspecified atom stereocenters. The van der Waals surface area contributed by atoms with Gasteiger partial charge in [-0.25, -0.2) is 13.6 Å². The lowest BCUT2D eigenvalue weighted by Gasteiger charge is -2.15. The van der Waals surface area contributed by atoms with Crippen molar-refractivity contribution in [3.05, 3.63) is 29.3 Å². The molecule has 4 nitrogen and oxygen atoms in total. The Morgan fingerprint density at radius 3 is 2.83 bits per heavy atom. The molecule has 2 rings (SSSR count). The van der Waals surface area contributed by atoms with Crippen molar-refractivity contribution in [2.75, 3.05) is 31.5 Å². The third-order valence-corrected chi connectivity index (χ3v) is 2.89. The summed E-state index contributed by atoms with van der Waals surface area (Å²) in [5.41, 5.74) is 0.398. The maximum Gasteiger partial charge on any atom is 0.317 e. The fourth-order valence-corrected chi connectivity index (χ4v) is 1.83. The molecular weight excluding hydrogens is 240 g/mol. The second kappa shape index (κ2) is 5.20.